The van der Waals surface area contributed by atoms with Gasteiger partial charge in [-0.2, -0.15) is 0 Å². The van der Waals surface area contributed by atoms with E-state index in [2.05, 4.69) is 22.1 Å². The van der Waals surface area contributed by atoms with Gasteiger partial charge in [-0.15, -0.1) is 28.1 Å². The lowest BCUT2D eigenvalue weighted by Crippen LogP contribution is -2.16. The average Bonchev–Trinajstić information content (AvgIpc) is 3.32. The highest BCUT2D eigenvalue weighted by atomic mass is 32.2. The molecule has 0 saturated carbocycles. The monoisotopic (exact) mass is 500 g/mol. The molecule has 1 amide bonds. The number of hydrogen-bond donors (Lipinski definition) is 1. The van der Waals surface area contributed by atoms with Crippen molar-refractivity contribution >= 4 is 40.0 Å². The second-order valence-corrected chi connectivity index (χ2v) is 9.77. The molecule has 0 aliphatic heterocycles. The van der Waals surface area contributed by atoms with Crippen molar-refractivity contribution in [1.82, 2.24) is 14.8 Å². The van der Waals surface area contributed by atoms with E-state index in [1.165, 1.54) is 30.2 Å². The summed E-state index contributed by atoms with van der Waals surface area (Å²) in [7, 11) is 1.32. The van der Waals surface area contributed by atoms with Gasteiger partial charge in [-0.3, -0.25) is 9.36 Å². The molecule has 0 saturated heterocycles. The van der Waals surface area contributed by atoms with Crippen molar-refractivity contribution in [3.63, 3.8) is 0 Å². The number of anilines is 1. The second-order valence-electron chi connectivity index (χ2n) is 7.60. The van der Waals surface area contributed by atoms with E-state index in [9.17, 15) is 9.59 Å². The Hall–Kier alpha value is -3.11. The first-order valence-electron chi connectivity index (χ1n) is 10.6. The van der Waals surface area contributed by atoms with Gasteiger partial charge < -0.3 is 14.8 Å². The first-order valence-corrected chi connectivity index (χ1v) is 12.4. The number of amides is 1. The van der Waals surface area contributed by atoms with Crippen molar-refractivity contribution in [1.29, 1.82) is 0 Å². The third kappa shape index (κ3) is 5.68. The minimum absolute atomic E-state index is 0.101. The lowest BCUT2D eigenvalue weighted by Gasteiger charge is -2.12. The van der Waals surface area contributed by atoms with Crippen LogP contribution in [0.2, 0.25) is 0 Å². The number of thioether (sulfide) groups is 1. The molecule has 2 heterocycles. The van der Waals surface area contributed by atoms with Crippen LogP contribution in [-0.2, 0) is 22.7 Å². The van der Waals surface area contributed by atoms with E-state index in [0.717, 1.165) is 27.3 Å². The summed E-state index contributed by atoms with van der Waals surface area (Å²) in [6, 6.07) is 5.91. The van der Waals surface area contributed by atoms with Gasteiger partial charge in [-0.25, -0.2) is 4.79 Å². The van der Waals surface area contributed by atoms with E-state index in [0.29, 0.717) is 28.1 Å². The molecule has 180 valence electrons. The Morgan fingerprint density at radius 2 is 1.97 bits per heavy atom. The standard InChI is InChI=1S/C24H28N4O4S2/c1-7-11-28-19(12-32-18-10-8-9-14(2)15(18)3)26-27-24(28)33-13-20(29)25-22-21(23(30)31-6)16(4)17(5)34-22/h7-10H,1,11-13H2,2-6H3,(H,25,29). The molecule has 0 bridgehead atoms. The van der Waals surface area contributed by atoms with Crippen molar-refractivity contribution in [2.24, 2.45) is 0 Å². The van der Waals surface area contributed by atoms with Crippen LogP contribution in [0.4, 0.5) is 5.00 Å². The molecule has 3 aromatic rings. The van der Waals surface area contributed by atoms with Crippen molar-refractivity contribution < 1.29 is 19.1 Å². The number of nitrogens with one attached hydrogen (secondary N) is 1. The summed E-state index contributed by atoms with van der Waals surface area (Å²) >= 11 is 2.61. The predicted molar refractivity (Wildman–Crippen MR) is 135 cm³/mol. The number of thiophene rings is 1. The van der Waals surface area contributed by atoms with Crippen molar-refractivity contribution in [3.8, 4) is 5.75 Å². The Labute approximate surface area is 207 Å². The third-order valence-electron chi connectivity index (χ3n) is 5.38. The number of ether oxygens (including phenoxy) is 2. The van der Waals surface area contributed by atoms with Gasteiger partial charge in [0.05, 0.1) is 18.4 Å². The number of allylic oxidation sites excluding steroid dienone is 1. The van der Waals surface area contributed by atoms with Gasteiger partial charge in [0.1, 0.15) is 17.4 Å². The number of carbonyl (C=O) groups is 2. The molecule has 0 fully saturated rings. The minimum atomic E-state index is -0.469. The van der Waals surface area contributed by atoms with Crippen LogP contribution in [0, 0.1) is 27.7 Å². The molecule has 0 aliphatic rings. The topological polar surface area (TPSA) is 95.3 Å². The number of carbonyl (C=O) groups excluding carboxylic acids is 2. The molecule has 0 spiro atoms. The number of rotatable bonds is 10. The van der Waals surface area contributed by atoms with Gasteiger partial charge in [-0.1, -0.05) is 30.0 Å². The smallest absolute Gasteiger partial charge is 0.341 e. The fraction of sp³-hybridized carbons (Fsp3) is 0.333. The Balaban J connectivity index is 1.68. The van der Waals surface area contributed by atoms with E-state index in [1.54, 1.807) is 6.08 Å². The number of aryl methyl sites for hydroxylation is 2. The Bertz CT molecular complexity index is 1220. The Morgan fingerprint density at radius 3 is 2.68 bits per heavy atom. The van der Waals surface area contributed by atoms with Crippen LogP contribution in [-0.4, -0.2) is 39.5 Å². The molecule has 0 aliphatic carbocycles. The van der Waals surface area contributed by atoms with Crippen molar-refractivity contribution in [3.05, 3.63) is 63.8 Å². The number of methoxy groups -OCH3 is 1. The van der Waals surface area contributed by atoms with Gasteiger partial charge in [0.25, 0.3) is 0 Å². The number of nitrogens with zero attached hydrogens (tertiary/aromatic N) is 3. The lowest BCUT2D eigenvalue weighted by atomic mass is 10.1. The van der Waals surface area contributed by atoms with Crippen molar-refractivity contribution in [2.75, 3.05) is 18.2 Å². The maximum Gasteiger partial charge on any atom is 0.341 e. The third-order valence-corrected chi connectivity index (χ3v) is 7.47. The number of benzene rings is 1. The quantitative estimate of drug-likeness (QED) is 0.241. The average molecular weight is 501 g/mol. The molecule has 1 N–H and O–H groups in total. The van der Waals surface area contributed by atoms with Gasteiger partial charge in [-0.05, 0) is 50.5 Å². The van der Waals surface area contributed by atoms with Gasteiger partial charge in [0, 0.05) is 11.4 Å². The van der Waals surface area contributed by atoms with Crippen LogP contribution in [0.5, 0.6) is 5.75 Å². The van der Waals surface area contributed by atoms with Gasteiger partial charge in [0.2, 0.25) is 5.91 Å². The molecule has 34 heavy (non-hydrogen) atoms. The summed E-state index contributed by atoms with van der Waals surface area (Å²) < 4.78 is 12.7. The molecule has 0 unspecified atom stereocenters. The number of aromatic nitrogens is 3. The fourth-order valence-corrected chi connectivity index (χ4v) is 5.05. The highest BCUT2D eigenvalue weighted by Gasteiger charge is 2.22. The van der Waals surface area contributed by atoms with Crippen LogP contribution in [0.15, 0.2) is 36.0 Å². The molecule has 1 aromatic carbocycles. The molecule has 3 rings (SSSR count). The van der Waals surface area contributed by atoms with Gasteiger partial charge in [0.15, 0.2) is 11.0 Å². The van der Waals surface area contributed by atoms with Crippen LogP contribution in [0.1, 0.15) is 37.7 Å². The molecule has 10 heteroatoms. The summed E-state index contributed by atoms with van der Waals surface area (Å²) in [5.74, 6) is 0.816. The van der Waals surface area contributed by atoms with Crippen LogP contribution in [0.25, 0.3) is 0 Å². The minimum Gasteiger partial charge on any atom is -0.485 e. The number of esters is 1. The summed E-state index contributed by atoms with van der Waals surface area (Å²) in [6.45, 7) is 12.3. The Morgan fingerprint density at radius 1 is 1.21 bits per heavy atom. The lowest BCUT2D eigenvalue weighted by molar-refractivity contribution is -0.113. The summed E-state index contributed by atoms with van der Waals surface area (Å²) in [6.07, 6.45) is 1.74. The van der Waals surface area contributed by atoms with E-state index < -0.39 is 5.97 Å². The summed E-state index contributed by atoms with van der Waals surface area (Å²) in [5, 5.41) is 12.4. The molecule has 0 radical (unpaired) electrons. The first kappa shape index (κ1) is 25.5. The Kier molecular flexibility index (Phi) is 8.51. The van der Waals surface area contributed by atoms with E-state index in [4.69, 9.17) is 9.47 Å². The van der Waals surface area contributed by atoms with Crippen LogP contribution in [0.3, 0.4) is 0 Å². The molecular weight excluding hydrogens is 472 g/mol. The molecule has 0 atom stereocenters. The normalized spacial score (nSPS) is 10.7. The number of hydrogen-bond acceptors (Lipinski definition) is 8. The van der Waals surface area contributed by atoms with Gasteiger partial charge >= 0.3 is 5.97 Å². The highest BCUT2D eigenvalue weighted by Crippen LogP contribution is 2.33. The van der Waals surface area contributed by atoms with E-state index >= 15 is 0 Å². The zero-order chi connectivity index (χ0) is 24.8. The SMILES string of the molecule is C=CCn1c(COc2cccc(C)c2C)nnc1SCC(=O)Nc1sc(C)c(C)c1C(=O)OC. The van der Waals surface area contributed by atoms with Crippen molar-refractivity contribution in [2.45, 2.75) is 46.0 Å². The molecular formula is C24H28N4O4S2. The zero-order valence-electron chi connectivity index (χ0n) is 19.9. The van der Waals surface area contributed by atoms with E-state index in [-0.39, 0.29) is 18.3 Å². The first-order chi connectivity index (χ1) is 16.3. The summed E-state index contributed by atoms with van der Waals surface area (Å²) in [5.41, 5.74) is 3.43. The molecule has 8 nitrogen and oxygen atoms in total. The maximum atomic E-state index is 12.6. The van der Waals surface area contributed by atoms with Crippen LogP contribution < -0.4 is 10.1 Å². The summed E-state index contributed by atoms with van der Waals surface area (Å²) in [4.78, 5) is 25.7. The second kappa shape index (κ2) is 11.3. The fourth-order valence-electron chi connectivity index (χ4n) is 3.22. The maximum absolute atomic E-state index is 12.6. The predicted octanol–water partition coefficient (Wildman–Crippen LogP) is 4.86. The molecule has 2 aromatic heterocycles. The van der Waals surface area contributed by atoms with Crippen LogP contribution >= 0.6 is 23.1 Å². The zero-order valence-corrected chi connectivity index (χ0v) is 21.6. The largest absolute Gasteiger partial charge is 0.485 e. The highest BCUT2D eigenvalue weighted by molar-refractivity contribution is 7.99. The van der Waals surface area contributed by atoms with E-state index in [1.807, 2.05) is 50.5 Å².